The van der Waals surface area contributed by atoms with Gasteiger partial charge in [0, 0.05) is 25.3 Å². The molecule has 2 unspecified atom stereocenters. The van der Waals surface area contributed by atoms with E-state index in [2.05, 4.69) is 22.9 Å². The average Bonchev–Trinajstić information content (AvgIpc) is 2.33. The summed E-state index contributed by atoms with van der Waals surface area (Å²) in [6.45, 7) is 3.80. The summed E-state index contributed by atoms with van der Waals surface area (Å²) in [4.78, 5) is 6.38. The molecule has 0 spiro atoms. The Morgan fingerprint density at radius 1 is 1.65 bits per heavy atom. The molecule has 1 fully saturated rings. The van der Waals surface area contributed by atoms with Gasteiger partial charge in [-0.05, 0) is 18.4 Å². The summed E-state index contributed by atoms with van der Waals surface area (Å²) in [5, 5.41) is 9.38. The Balaban J connectivity index is 2.27. The molecule has 4 nitrogen and oxygen atoms in total. The number of aromatic nitrogens is 1. The van der Waals surface area contributed by atoms with Crippen molar-refractivity contribution in [1.29, 1.82) is 5.26 Å². The molecule has 2 N–H and O–H groups in total. The molecule has 2 rings (SSSR count). The number of anilines is 1. The third kappa shape index (κ3) is 2.36. The molecule has 0 aromatic carbocycles. The third-order valence-corrected chi connectivity index (χ3v) is 3.64. The first-order valence-corrected chi connectivity index (χ1v) is 6.06. The normalized spacial score (nSPS) is 24.5. The summed E-state index contributed by atoms with van der Waals surface area (Å²) in [7, 11) is 0. The van der Waals surface area contributed by atoms with Crippen LogP contribution in [-0.4, -0.2) is 24.1 Å². The number of halogens is 1. The highest BCUT2D eigenvalue weighted by molar-refractivity contribution is 6.34. The van der Waals surface area contributed by atoms with Crippen molar-refractivity contribution in [2.45, 2.75) is 19.4 Å². The van der Waals surface area contributed by atoms with Gasteiger partial charge >= 0.3 is 0 Å². The van der Waals surface area contributed by atoms with E-state index in [9.17, 15) is 0 Å². The van der Waals surface area contributed by atoms with Gasteiger partial charge in [-0.1, -0.05) is 18.5 Å². The van der Waals surface area contributed by atoms with Gasteiger partial charge in [0.15, 0.2) is 0 Å². The molecule has 0 saturated carbocycles. The lowest BCUT2D eigenvalue weighted by Crippen LogP contribution is -2.46. The van der Waals surface area contributed by atoms with Crippen LogP contribution in [0.3, 0.4) is 0 Å². The maximum absolute atomic E-state index is 8.93. The van der Waals surface area contributed by atoms with E-state index in [4.69, 9.17) is 22.6 Å². The number of hydrogen-bond acceptors (Lipinski definition) is 4. The van der Waals surface area contributed by atoms with E-state index in [1.54, 1.807) is 12.3 Å². The predicted molar refractivity (Wildman–Crippen MR) is 67.9 cm³/mol. The average molecular weight is 251 g/mol. The van der Waals surface area contributed by atoms with Crippen molar-refractivity contribution in [3.05, 3.63) is 22.8 Å². The first-order chi connectivity index (χ1) is 8.13. The number of nitrogens with zero attached hydrogens (tertiary/aromatic N) is 3. The molecule has 1 saturated heterocycles. The minimum Gasteiger partial charge on any atom is -0.355 e. The van der Waals surface area contributed by atoms with Crippen LogP contribution in [-0.2, 0) is 0 Å². The number of piperidine rings is 1. The van der Waals surface area contributed by atoms with Crippen LogP contribution in [0.2, 0.25) is 5.02 Å². The van der Waals surface area contributed by atoms with Gasteiger partial charge in [-0.2, -0.15) is 5.26 Å². The van der Waals surface area contributed by atoms with Crippen molar-refractivity contribution in [3.63, 3.8) is 0 Å². The van der Waals surface area contributed by atoms with Gasteiger partial charge in [0.25, 0.3) is 0 Å². The summed E-state index contributed by atoms with van der Waals surface area (Å²) < 4.78 is 0. The molecule has 17 heavy (non-hydrogen) atoms. The molecular weight excluding hydrogens is 236 g/mol. The molecule has 2 heterocycles. The Bertz CT molecular complexity index is 454. The Kier molecular flexibility index (Phi) is 3.51. The highest BCUT2D eigenvalue weighted by Crippen LogP contribution is 2.29. The predicted octanol–water partition coefficient (Wildman–Crippen LogP) is 1.78. The fraction of sp³-hybridized carbons (Fsp3) is 0.500. The number of nitriles is 1. The maximum atomic E-state index is 8.93. The standard InChI is InChI=1S/C12H15ClN4/c1-8-7-17(5-3-10(8)15)12-11(13)9(6-14)2-4-16-12/h2,4,8,10H,3,5,7,15H2,1H3. The fourth-order valence-electron chi connectivity index (χ4n) is 2.10. The lowest BCUT2D eigenvalue weighted by Gasteiger charge is -2.36. The Labute approximate surface area is 106 Å². The van der Waals surface area contributed by atoms with Crippen LogP contribution in [0.15, 0.2) is 12.3 Å². The quantitative estimate of drug-likeness (QED) is 0.825. The number of rotatable bonds is 1. The smallest absolute Gasteiger partial charge is 0.148 e. The molecule has 1 aliphatic heterocycles. The topological polar surface area (TPSA) is 65.9 Å². The molecular formula is C12H15ClN4. The zero-order valence-electron chi connectivity index (χ0n) is 9.73. The van der Waals surface area contributed by atoms with Crippen LogP contribution in [0.5, 0.6) is 0 Å². The zero-order valence-corrected chi connectivity index (χ0v) is 10.5. The van der Waals surface area contributed by atoms with Crippen LogP contribution in [0, 0.1) is 17.2 Å². The van der Waals surface area contributed by atoms with E-state index in [0.29, 0.717) is 22.3 Å². The highest BCUT2D eigenvalue weighted by Gasteiger charge is 2.25. The second-order valence-electron chi connectivity index (χ2n) is 4.48. The lowest BCUT2D eigenvalue weighted by atomic mass is 9.95. The minimum absolute atomic E-state index is 0.240. The largest absolute Gasteiger partial charge is 0.355 e. The molecule has 5 heteroatoms. The van der Waals surface area contributed by atoms with Crippen LogP contribution in [0.1, 0.15) is 18.9 Å². The van der Waals surface area contributed by atoms with Gasteiger partial charge in [0.05, 0.1) is 5.56 Å². The molecule has 1 aromatic rings. The van der Waals surface area contributed by atoms with Crippen LogP contribution in [0.4, 0.5) is 5.82 Å². The molecule has 0 bridgehead atoms. The third-order valence-electron chi connectivity index (χ3n) is 3.26. The van der Waals surface area contributed by atoms with E-state index in [1.807, 2.05) is 0 Å². The Morgan fingerprint density at radius 2 is 2.41 bits per heavy atom. The lowest BCUT2D eigenvalue weighted by molar-refractivity contribution is 0.381. The highest BCUT2D eigenvalue weighted by atomic mass is 35.5. The van der Waals surface area contributed by atoms with E-state index in [0.717, 1.165) is 19.5 Å². The SMILES string of the molecule is CC1CN(c2nccc(C#N)c2Cl)CCC1N. The van der Waals surface area contributed by atoms with Crippen molar-refractivity contribution < 1.29 is 0 Å². The van der Waals surface area contributed by atoms with Crippen LogP contribution < -0.4 is 10.6 Å². The summed E-state index contributed by atoms with van der Waals surface area (Å²) in [6.07, 6.45) is 2.55. The summed E-state index contributed by atoms with van der Waals surface area (Å²) in [5.74, 6) is 1.11. The Morgan fingerprint density at radius 3 is 3.06 bits per heavy atom. The van der Waals surface area contributed by atoms with E-state index in [-0.39, 0.29) is 6.04 Å². The molecule has 1 aliphatic rings. The van der Waals surface area contributed by atoms with Crippen molar-refractivity contribution >= 4 is 17.4 Å². The molecule has 1 aromatic heterocycles. The second kappa shape index (κ2) is 4.91. The Hall–Kier alpha value is -1.31. The van der Waals surface area contributed by atoms with Crippen LogP contribution >= 0.6 is 11.6 Å². The first kappa shape index (κ1) is 12.2. The van der Waals surface area contributed by atoms with Crippen LogP contribution in [0.25, 0.3) is 0 Å². The summed E-state index contributed by atoms with van der Waals surface area (Å²) in [5.41, 5.74) is 6.45. The summed E-state index contributed by atoms with van der Waals surface area (Å²) >= 11 is 6.17. The van der Waals surface area contributed by atoms with E-state index in [1.165, 1.54) is 0 Å². The van der Waals surface area contributed by atoms with Crippen molar-refractivity contribution in [1.82, 2.24) is 4.98 Å². The molecule has 0 amide bonds. The van der Waals surface area contributed by atoms with Gasteiger partial charge in [-0.25, -0.2) is 4.98 Å². The van der Waals surface area contributed by atoms with E-state index < -0.39 is 0 Å². The van der Waals surface area contributed by atoms with Crippen molar-refractivity contribution in [2.75, 3.05) is 18.0 Å². The molecule has 90 valence electrons. The molecule has 0 aliphatic carbocycles. The minimum atomic E-state index is 0.240. The van der Waals surface area contributed by atoms with Gasteiger partial charge < -0.3 is 10.6 Å². The molecule has 0 radical (unpaired) electrons. The van der Waals surface area contributed by atoms with Gasteiger partial charge in [-0.15, -0.1) is 0 Å². The number of pyridine rings is 1. The maximum Gasteiger partial charge on any atom is 0.148 e. The number of hydrogen-bond donors (Lipinski definition) is 1. The van der Waals surface area contributed by atoms with Crippen molar-refractivity contribution in [2.24, 2.45) is 11.7 Å². The summed E-state index contributed by atoms with van der Waals surface area (Å²) in [6, 6.07) is 3.94. The van der Waals surface area contributed by atoms with Gasteiger partial charge in [-0.3, -0.25) is 0 Å². The van der Waals surface area contributed by atoms with Crippen molar-refractivity contribution in [3.8, 4) is 6.07 Å². The van der Waals surface area contributed by atoms with Gasteiger partial charge in [0.1, 0.15) is 16.9 Å². The second-order valence-corrected chi connectivity index (χ2v) is 4.86. The fourth-order valence-corrected chi connectivity index (χ4v) is 2.37. The van der Waals surface area contributed by atoms with Gasteiger partial charge in [0.2, 0.25) is 0 Å². The van der Waals surface area contributed by atoms with E-state index >= 15 is 0 Å². The number of nitrogens with two attached hydrogens (primary N) is 1. The zero-order chi connectivity index (χ0) is 12.4. The monoisotopic (exact) mass is 250 g/mol. The molecule has 2 atom stereocenters. The first-order valence-electron chi connectivity index (χ1n) is 5.68.